The number of nitrogens with one attached hydrogen (secondary N) is 1. The number of rotatable bonds is 3. The molecule has 130 valence electrons. The molecule has 2 aromatic heterocycles. The average molecular weight is 360 g/mol. The summed E-state index contributed by atoms with van der Waals surface area (Å²) < 4.78 is 7.43. The number of carbonyl (C=O) groups excluding carboxylic acids is 1. The van der Waals surface area contributed by atoms with Gasteiger partial charge in [0.15, 0.2) is 5.58 Å². The highest BCUT2D eigenvalue weighted by molar-refractivity contribution is 6.31. The van der Waals surface area contributed by atoms with Crippen molar-refractivity contribution in [3.8, 4) is 0 Å². The maximum atomic E-state index is 12.2. The molecule has 25 heavy (non-hydrogen) atoms. The summed E-state index contributed by atoms with van der Waals surface area (Å²) in [5.41, 5.74) is 1.93. The molecule has 8 heteroatoms. The highest BCUT2D eigenvalue weighted by Crippen LogP contribution is 2.26. The summed E-state index contributed by atoms with van der Waals surface area (Å²) in [4.78, 5) is 18.8. The molecule has 0 atom stereocenters. The zero-order valence-corrected chi connectivity index (χ0v) is 14.5. The zero-order chi connectivity index (χ0) is 17.4. The Bertz CT molecular complexity index is 911. The van der Waals surface area contributed by atoms with Crippen molar-refractivity contribution in [2.75, 3.05) is 18.0 Å². The molecule has 3 heterocycles. The van der Waals surface area contributed by atoms with Crippen LogP contribution >= 0.6 is 11.6 Å². The number of piperidine rings is 1. The van der Waals surface area contributed by atoms with Crippen LogP contribution in [0.25, 0.3) is 11.1 Å². The van der Waals surface area contributed by atoms with Crippen LogP contribution in [0.4, 0.5) is 6.01 Å². The van der Waals surface area contributed by atoms with Gasteiger partial charge in [-0.25, -0.2) is 0 Å². The van der Waals surface area contributed by atoms with Crippen LogP contribution in [0.2, 0.25) is 5.02 Å². The maximum Gasteiger partial charge on any atom is 0.298 e. The van der Waals surface area contributed by atoms with E-state index in [0.717, 1.165) is 31.4 Å². The topological polar surface area (TPSA) is 76.2 Å². The maximum absolute atomic E-state index is 12.2. The quantitative estimate of drug-likeness (QED) is 0.778. The number of halogens is 1. The number of anilines is 1. The summed E-state index contributed by atoms with van der Waals surface area (Å²) in [6.45, 7) is 1.54. The fourth-order valence-corrected chi connectivity index (χ4v) is 3.19. The van der Waals surface area contributed by atoms with E-state index in [4.69, 9.17) is 16.0 Å². The summed E-state index contributed by atoms with van der Waals surface area (Å²) >= 11 is 5.99. The van der Waals surface area contributed by atoms with Gasteiger partial charge in [-0.2, -0.15) is 10.1 Å². The van der Waals surface area contributed by atoms with Crippen LogP contribution in [-0.4, -0.2) is 39.8 Å². The monoisotopic (exact) mass is 359 g/mol. The largest absolute Gasteiger partial charge is 0.423 e. The van der Waals surface area contributed by atoms with Gasteiger partial charge < -0.3 is 14.6 Å². The van der Waals surface area contributed by atoms with Gasteiger partial charge in [0.2, 0.25) is 0 Å². The Morgan fingerprint density at radius 2 is 2.12 bits per heavy atom. The molecule has 4 rings (SSSR count). The van der Waals surface area contributed by atoms with Gasteiger partial charge in [-0.15, -0.1) is 0 Å². The van der Waals surface area contributed by atoms with E-state index in [1.807, 2.05) is 6.07 Å². The Labute approximate surface area is 149 Å². The number of oxazole rings is 1. The predicted molar refractivity (Wildman–Crippen MR) is 94.9 cm³/mol. The Morgan fingerprint density at radius 1 is 1.32 bits per heavy atom. The zero-order valence-electron chi connectivity index (χ0n) is 13.8. The van der Waals surface area contributed by atoms with Crippen molar-refractivity contribution < 1.29 is 9.21 Å². The van der Waals surface area contributed by atoms with E-state index in [-0.39, 0.29) is 11.9 Å². The first-order valence-corrected chi connectivity index (χ1v) is 8.58. The van der Waals surface area contributed by atoms with Gasteiger partial charge in [0, 0.05) is 43.5 Å². The highest BCUT2D eigenvalue weighted by Gasteiger charge is 2.24. The molecule has 1 fully saturated rings. The molecular formula is C17H18ClN5O2. The van der Waals surface area contributed by atoms with Crippen LogP contribution in [0.3, 0.4) is 0 Å². The van der Waals surface area contributed by atoms with E-state index < -0.39 is 0 Å². The van der Waals surface area contributed by atoms with Gasteiger partial charge >= 0.3 is 0 Å². The minimum absolute atomic E-state index is 0.129. The van der Waals surface area contributed by atoms with Crippen molar-refractivity contribution in [3.05, 3.63) is 41.2 Å². The molecule has 1 amide bonds. The number of carbonyl (C=O) groups is 1. The molecule has 1 N–H and O–H groups in total. The normalized spacial score (nSPS) is 15.7. The second kappa shape index (κ2) is 6.40. The third-order valence-corrected chi connectivity index (χ3v) is 4.62. The smallest absolute Gasteiger partial charge is 0.298 e. The first kappa shape index (κ1) is 16.0. The lowest BCUT2D eigenvalue weighted by Crippen LogP contribution is -2.45. The number of amides is 1. The number of hydrogen-bond acceptors (Lipinski definition) is 5. The number of fused-ring (bicyclic) bond motifs is 1. The fourth-order valence-electron chi connectivity index (χ4n) is 3.03. The van der Waals surface area contributed by atoms with Gasteiger partial charge in [0.1, 0.15) is 11.2 Å². The lowest BCUT2D eigenvalue weighted by molar-refractivity contribution is 0.0925. The average Bonchev–Trinajstić information content (AvgIpc) is 3.21. The molecule has 0 aliphatic carbocycles. The van der Waals surface area contributed by atoms with Crippen LogP contribution in [0.5, 0.6) is 0 Å². The third kappa shape index (κ3) is 3.32. The number of nitrogens with zero attached hydrogens (tertiary/aromatic N) is 4. The summed E-state index contributed by atoms with van der Waals surface area (Å²) in [6.07, 6.45) is 3.42. The van der Waals surface area contributed by atoms with E-state index in [9.17, 15) is 4.79 Å². The molecule has 0 saturated carbocycles. The Morgan fingerprint density at radius 3 is 2.84 bits per heavy atom. The van der Waals surface area contributed by atoms with Crippen LogP contribution in [0.15, 0.2) is 34.9 Å². The van der Waals surface area contributed by atoms with Gasteiger partial charge in [0.05, 0.1) is 0 Å². The molecular weight excluding hydrogens is 342 g/mol. The van der Waals surface area contributed by atoms with Crippen molar-refractivity contribution >= 4 is 34.6 Å². The Kier molecular flexibility index (Phi) is 4.09. The first-order chi connectivity index (χ1) is 12.1. The van der Waals surface area contributed by atoms with Crippen molar-refractivity contribution in [3.63, 3.8) is 0 Å². The van der Waals surface area contributed by atoms with Crippen LogP contribution < -0.4 is 10.2 Å². The SMILES string of the molecule is Cn1ccc(C(=O)NC2CCN(c3nc4ccc(Cl)cc4o3)CC2)n1. The summed E-state index contributed by atoms with van der Waals surface area (Å²) in [5, 5.41) is 7.80. The molecule has 1 aliphatic heterocycles. The predicted octanol–water partition coefficient (Wildman–Crippen LogP) is 2.61. The molecule has 1 aliphatic rings. The number of benzene rings is 1. The molecule has 7 nitrogen and oxygen atoms in total. The van der Waals surface area contributed by atoms with Crippen LogP contribution in [-0.2, 0) is 7.05 Å². The van der Waals surface area contributed by atoms with E-state index >= 15 is 0 Å². The minimum Gasteiger partial charge on any atom is -0.423 e. The molecule has 1 aromatic carbocycles. The van der Waals surface area contributed by atoms with E-state index in [0.29, 0.717) is 22.3 Å². The second-order valence-electron chi connectivity index (χ2n) is 6.22. The lowest BCUT2D eigenvalue weighted by Gasteiger charge is -2.31. The first-order valence-electron chi connectivity index (χ1n) is 8.20. The van der Waals surface area contributed by atoms with Crippen molar-refractivity contribution in [2.24, 2.45) is 7.05 Å². The van der Waals surface area contributed by atoms with Gasteiger partial charge in [-0.1, -0.05) is 11.6 Å². The number of aromatic nitrogens is 3. The van der Waals surface area contributed by atoms with Crippen molar-refractivity contribution in [1.82, 2.24) is 20.1 Å². The van der Waals surface area contributed by atoms with Gasteiger partial charge in [-0.05, 0) is 31.0 Å². The van der Waals surface area contributed by atoms with E-state index in [1.165, 1.54) is 0 Å². The van der Waals surface area contributed by atoms with Crippen molar-refractivity contribution in [1.29, 1.82) is 0 Å². The summed E-state index contributed by atoms with van der Waals surface area (Å²) in [5.74, 6) is -0.129. The molecule has 1 saturated heterocycles. The molecule has 0 bridgehead atoms. The highest BCUT2D eigenvalue weighted by atomic mass is 35.5. The van der Waals surface area contributed by atoms with Crippen LogP contribution in [0, 0.1) is 0 Å². The fraction of sp³-hybridized carbons (Fsp3) is 0.353. The number of hydrogen-bond donors (Lipinski definition) is 1. The number of aryl methyl sites for hydroxylation is 1. The Hall–Kier alpha value is -2.54. The summed E-state index contributed by atoms with van der Waals surface area (Å²) in [6, 6.07) is 7.87. The van der Waals surface area contributed by atoms with Crippen LogP contribution in [0.1, 0.15) is 23.3 Å². The summed E-state index contributed by atoms with van der Waals surface area (Å²) in [7, 11) is 1.79. The van der Waals surface area contributed by atoms with E-state index in [1.54, 1.807) is 36.1 Å². The molecule has 0 radical (unpaired) electrons. The Balaban J connectivity index is 1.38. The van der Waals surface area contributed by atoms with Crippen molar-refractivity contribution in [2.45, 2.75) is 18.9 Å². The molecule has 3 aromatic rings. The third-order valence-electron chi connectivity index (χ3n) is 4.39. The van der Waals surface area contributed by atoms with E-state index in [2.05, 4.69) is 20.3 Å². The minimum atomic E-state index is -0.129. The molecule has 0 unspecified atom stereocenters. The van der Waals surface area contributed by atoms with Gasteiger partial charge in [-0.3, -0.25) is 9.48 Å². The molecule has 0 spiro atoms. The standard InChI is InChI=1S/C17H18ClN5O2/c1-22-7-6-14(21-22)16(24)19-12-4-8-23(9-5-12)17-20-13-3-2-11(18)10-15(13)25-17/h2-3,6-7,10,12H,4-5,8-9H2,1H3,(H,19,24). The lowest BCUT2D eigenvalue weighted by atomic mass is 10.1. The second-order valence-corrected chi connectivity index (χ2v) is 6.65. The van der Waals surface area contributed by atoms with Gasteiger partial charge in [0.25, 0.3) is 11.9 Å².